The lowest BCUT2D eigenvalue weighted by Crippen LogP contribution is -2.63. The minimum atomic E-state index is -1.19. The van der Waals surface area contributed by atoms with Crippen LogP contribution in [0.4, 0.5) is 5.00 Å². The second kappa shape index (κ2) is 10.2. The van der Waals surface area contributed by atoms with Gasteiger partial charge in [0.2, 0.25) is 11.8 Å². The molecule has 0 aromatic carbocycles. The highest BCUT2D eigenvalue weighted by Crippen LogP contribution is 2.51. The first-order chi connectivity index (χ1) is 17.0. The molecule has 0 aliphatic carbocycles. The number of aliphatic hydroxyl groups is 1. The van der Waals surface area contributed by atoms with Crippen molar-refractivity contribution in [1.82, 2.24) is 15.5 Å². The fraction of sp³-hybridized carbons (Fsp3) is 0.500. The molecule has 2 saturated heterocycles. The van der Waals surface area contributed by atoms with Crippen LogP contribution in [0.25, 0.3) is 0 Å². The molecule has 0 radical (unpaired) electrons. The van der Waals surface area contributed by atoms with Crippen molar-refractivity contribution in [2.75, 3.05) is 18.4 Å². The van der Waals surface area contributed by atoms with E-state index in [0.29, 0.717) is 22.9 Å². The molecule has 4 rings (SSSR count). The first-order valence-corrected chi connectivity index (χ1v) is 13.0. The molecule has 194 valence electrons. The number of nitrogens with zero attached hydrogens (tertiary/aromatic N) is 1. The molecular weight excluding hydrogens is 512 g/mol. The number of carboxylic acid groups (broad SMARTS) is 2. The Balaban J connectivity index is 1.36. The summed E-state index contributed by atoms with van der Waals surface area (Å²) >= 11 is 2.37. The van der Waals surface area contributed by atoms with E-state index in [1.54, 1.807) is 6.07 Å². The maximum atomic E-state index is 12.8. The van der Waals surface area contributed by atoms with Crippen molar-refractivity contribution in [3.8, 4) is 0 Å². The number of nitrogens with one attached hydrogen (secondary N) is 3. The van der Waals surface area contributed by atoms with Crippen molar-refractivity contribution in [1.29, 1.82) is 0 Å². The van der Waals surface area contributed by atoms with Crippen molar-refractivity contribution >= 4 is 57.8 Å². The van der Waals surface area contributed by atoms with Gasteiger partial charge < -0.3 is 36.2 Å². The fourth-order valence-electron chi connectivity index (χ4n) is 4.83. The Bertz CT molecular complexity index is 1150. The van der Waals surface area contributed by atoms with Crippen LogP contribution in [0, 0.1) is 11.8 Å². The molecule has 0 spiro atoms. The van der Waals surface area contributed by atoms with Gasteiger partial charge in [-0.2, -0.15) is 0 Å². The quantitative estimate of drug-likeness (QED) is 0.236. The van der Waals surface area contributed by atoms with E-state index in [1.807, 2.05) is 6.92 Å². The molecule has 0 unspecified atom stereocenters. The lowest BCUT2D eigenvalue weighted by atomic mass is 9.79. The van der Waals surface area contributed by atoms with Gasteiger partial charge >= 0.3 is 11.9 Å². The largest absolute Gasteiger partial charge is 0.480 e. The zero-order valence-corrected chi connectivity index (χ0v) is 21.0. The van der Waals surface area contributed by atoms with Crippen LogP contribution in [-0.2, 0) is 19.2 Å². The summed E-state index contributed by atoms with van der Waals surface area (Å²) in [6.45, 7) is 3.33. The van der Waals surface area contributed by atoms with Crippen LogP contribution in [0.2, 0.25) is 0 Å². The molecule has 6 atom stereocenters. The van der Waals surface area contributed by atoms with Gasteiger partial charge in [-0.1, -0.05) is 6.92 Å². The molecule has 2 fully saturated rings. The van der Waals surface area contributed by atoms with Crippen molar-refractivity contribution in [3.63, 3.8) is 0 Å². The summed E-state index contributed by atoms with van der Waals surface area (Å²) in [5.41, 5.74) is -0.0420. The van der Waals surface area contributed by atoms with Crippen molar-refractivity contribution in [2.45, 2.75) is 43.7 Å². The number of rotatable bonds is 9. The first-order valence-electron chi connectivity index (χ1n) is 11.3. The second-order valence-corrected chi connectivity index (χ2v) is 11.4. The number of hydrogen-bond donors (Lipinski definition) is 6. The Kier molecular flexibility index (Phi) is 7.41. The summed E-state index contributed by atoms with van der Waals surface area (Å²) < 4.78 is 0. The molecule has 3 aliphatic rings. The van der Waals surface area contributed by atoms with Gasteiger partial charge in [-0.25, -0.2) is 4.79 Å². The average molecular weight is 539 g/mol. The molecule has 4 heterocycles. The number of amides is 3. The topological polar surface area (TPSA) is 185 Å². The van der Waals surface area contributed by atoms with Crippen LogP contribution >= 0.6 is 23.1 Å². The summed E-state index contributed by atoms with van der Waals surface area (Å²) in [4.78, 5) is 61.9. The van der Waals surface area contributed by atoms with E-state index in [-0.39, 0.29) is 39.6 Å². The highest BCUT2D eigenvalue weighted by atomic mass is 32.2. The van der Waals surface area contributed by atoms with Gasteiger partial charge in [-0.3, -0.25) is 19.2 Å². The maximum absolute atomic E-state index is 12.8. The third-order valence-corrected chi connectivity index (χ3v) is 9.00. The molecule has 0 bridgehead atoms. The first kappa shape index (κ1) is 26.1. The number of aliphatic carboxylic acids is 2. The van der Waals surface area contributed by atoms with Gasteiger partial charge in [0.05, 0.1) is 34.0 Å². The maximum Gasteiger partial charge on any atom is 0.353 e. The van der Waals surface area contributed by atoms with Crippen LogP contribution in [-0.4, -0.2) is 86.4 Å². The summed E-state index contributed by atoms with van der Waals surface area (Å²) in [6.07, 6.45) is -0.446. The third kappa shape index (κ3) is 4.85. The molecule has 3 aliphatic heterocycles. The van der Waals surface area contributed by atoms with Gasteiger partial charge in [-0.15, -0.1) is 23.1 Å². The minimum Gasteiger partial charge on any atom is -0.480 e. The molecule has 12 nitrogen and oxygen atoms in total. The fourth-order valence-corrected chi connectivity index (χ4v) is 7.13. The van der Waals surface area contributed by atoms with Crippen LogP contribution < -0.4 is 16.0 Å². The number of β-lactam (4-membered cyclic amide) rings is 1. The molecule has 6 N–H and O–H groups in total. The van der Waals surface area contributed by atoms with Gasteiger partial charge in [0.1, 0.15) is 12.2 Å². The lowest BCUT2D eigenvalue weighted by Gasteiger charge is -2.46. The minimum absolute atomic E-state index is 0.0420. The van der Waals surface area contributed by atoms with E-state index >= 15 is 0 Å². The normalized spacial score (nSPS) is 27.9. The van der Waals surface area contributed by atoms with Crippen LogP contribution in [0.5, 0.6) is 0 Å². The Morgan fingerprint density at radius 2 is 2.00 bits per heavy atom. The number of thiophene rings is 1. The molecule has 36 heavy (non-hydrogen) atoms. The van der Waals surface area contributed by atoms with E-state index in [1.165, 1.54) is 29.7 Å². The average Bonchev–Trinajstić information content (AvgIpc) is 3.51. The molecule has 1 aromatic rings. The number of carbonyl (C=O) groups excluding carboxylic acids is 3. The summed E-state index contributed by atoms with van der Waals surface area (Å²) in [5, 5.41) is 36.9. The number of carboxylic acids is 2. The number of anilines is 1. The summed E-state index contributed by atoms with van der Waals surface area (Å²) in [7, 11) is 0. The SMILES string of the molecule is C[C@@H](O)[C@H]1C(=O)N2C(C(=O)O)=C(S[C@@H]3CN[C@H](C(=O)Nc4ccc(C(=O)NCC(=O)O)s4)C3)[C@H](C)[C@H]12. The molecule has 1 aromatic heterocycles. The highest BCUT2D eigenvalue weighted by molar-refractivity contribution is 8.03. The highest BCUT2D eigenvalue weighted by Gasteiger charge is 2.60. The number of aliphatic hydroxyl groups excluding tert-OH is 1. The number of hydrogen-bond acceptors (Lipinski definition) is 9. The molecule has 3 amide bonds. The van der Waals surface area contributed by atoms with Gasteiger partial charge in [-0.05, 0) is 25.5 Å². The van der Waals surface area contributed by atoms with Crippen molar-refractivity contribution < 1.29 is 39.3 Å². The molecule has 14 heteroatoms. The Morgan fingerprint density at radius 3 is 2.64 bits per heavy atom. The Labute approximate surface area is 214 Å². The van der Waals surface area contributed by atoms with E-state index in [9.17, 15) is 34.2 Å². The third-order valence-electron chi connectivity index (χ3n) is 6.49. The predicted octanol–water partition coefficient (Wildman–Crippen LogP) is 0.118. The summed E-state index contributed by atoms with van der Waals surface area (Å²) in [6, 6.07) is 2.12. The lowest BCUT2D eigenvalue weighted by molar-refractivity contribution is -0.163. The molecular formula is C22H26N4O8S2. The Hall–Kier alpha value is -2.94. The Morgan fingerprint density at radius 1 is 1.28 bits per heavy atom. The van der Waals surface area contributed by atoms with E-state index in [4.69, 9.17) is 5.11 Å². The zero-order valence-electron chi connectivity index (χ0n) is 19.4. The van der Waals surface area contributed by atoms with Crippen LogP contribution in [0.1, 0.15) is 29.9 Å². The number of fused-ring (bicyclic) bond motifs is 1. The standard InChI is InChI=1S/C22H26N4O8S2/c1-8-16-15(9(2)27)21(32)26(16)17(22(33)34)18(8)35-10-5-11(23-6-10)19(30)25-13-4-3-12(36-13)20(31)24-7-14(28)29/h3-4,8-11,15-16,23,27H,5-7H2,1-2H3,(H,24,31)(H,25,30)(H,28,29)(H,33,34)/t8-,9-,10+,11+,15-,16-/m1/s1. The second-order valence-electron chi connectivity index (χ2n) is 8.94. The zero-order chi connectivity index (χ0) is 26.3. The van der Waals surface area contributed by atoms with Crippen LogP contribution in [0.3, 0.4) is 0 Å². The van der Waals surface area contributed by atoms with Gasteiger partial charge in [0.15, 0.2) is 0 Å². The van der Waals surface area contributed by atoms with Crippen molar-refractivity contribution in [3.05, 3.63) is 27.6 Å². The van der Waals surface area contributed by atoms with Gasteiger partial charge in [0.25, 0.3) is 5.91 Å². The monoisotopic (exact) mass is 538 g/mol. The van der Waals surface area contributed by atoms with E-state index in [0.717, 1.165) is 11.3 Å². The summed E-state index contributed by atoms with van der Waals surface area (Å²) in [5.74, 6) is -4.47. The predicted molar refractivity (Wildman–Crippen MR) is 130 cm³/mol. The van der Waals surface area contributed by atoms with E-state index in [2.05, 4.69) is 16.0 Å². The van der Waals surface area contributed by atoms with Crippen molar-refractivity contribution in [2.24, 2.45) is 11.8 Å². The molecule has 0 saturated carbocycles. The van der Waals surface area contributed by atoms with Crippen LogP contribution in [0.15, 0.2) is 22.7 Å². The number of carbonyl (C=O) groups is 5. The number of thioether (sulfide) groups is 1. The van der Waals surface area contributed by atoms with Gasteiger partial charge in [0, 0.05) is 22.6 Å². The smallest absolute Gasteiger partial charge is 0.353 e. The van der Waals surface area contributed by atoms with E-state index < -0.39 is 42.5 Å².